The maximum absolute atomic E-state index is 12.2. The van der Waals surface area contributed by atoms with Crippen molar-refractivity contribution >= 4 is 12.0 Å². The molecule has 25 heavy (non-hydrogen) atoms. The van der Waals surface area contributed by atoms with Crippen LogP contribution >= 0.6 is 0 Å². The highest BCUT2D eigenvalue weighted by molar-refractivity contribution is 6.01. The van der Waals surface area contributed by atoms with Crippen molar-refractivity contribution in [3.63, 3.8) is 0 Å². The van der Waals surface area contributed by atoms with E-state index >= 15 is 0 Å². The number of carbonyl (C=O) groups is 1. The minimum absolute atomic E-state index is 0.0446. The minimum atomic E-state index is -0.444. The van der Waals surface area contributed by atoms with Crippen LogP contribution in [0.3, 0.4) is 0 Å². The molecule has 1 amide bonds. The Morgan fingerprint density at radius 1 is 1.56 bits per heavy atom. The van der Waals surface area contributed by atoms with Gasteiger partial charge in [0.15, 0.2) is 0 Å². The monoisotopic (exact) mass is 342 g/mol. The zero-order chi connectivity index (χ0) is 18.4. The summed E-state index contributed by atoms with van der Waals surface area (Å²) in [7, 11) is 1.67. The SMILES string of the molecule is COCC(C)n1c(C)cc(/C=C(\C#N)C(=O)NCc2cn[nH]n2)c1C. The molecule has 2 rings (SSSR count). The van der Waals surface area contributed by atoms with Gasteiger partial charge in [-0.3, -0.25) is 4.79 Å². The Labute approximate surface area is 146 Å². The van der Waals surface area contributed by atoms with E-state index in [2.05, 4.69) is 32.2 Å². The van der Waals surface area contributed by atoms with Crippen LogP contribution < -0.4 is 5.32 Å². The van der Waals surface area contributed by atoms with Gasteiger partial charge < -0.3 is 14.6 Å². The summed E-state index contributed by atoms with van der Waals surface area (Å²) in [5, 5.41) is 22.0. The number of H-pyrrole nitrogens is 1. The molecule has 0 spiro atoms. The first-order chi connectivity index (χ1) is 12.0. The molecule has 0 aliphatic carbocycles. The lowest BCUT2D eigenvalue weighted by atomic mass is 10.1. The van der Waals surface area contributed by atoms with E-state index in [1.165, 1.54) is 6.20 Å². The number of aromatic amines is 1. The van der Waals surface area contributed by atoms with Crippen molar-refractivity contribution in [3.8, 4) is 6.07 Å². The highest BCUT2D eigenvalue weighted by Gasteiger charge is 2.15. The molecule has 8 heteroatoms. The molecule has 0 aliphatic heterocycles. The van der Waals surface area contributed by atoms with E-state index in [-0.39, 0.29) is 18.2 Å². The second-order valence-electron chi connectivity index (χ2n) is 5.81. The summed E-state index contributed by atoms with van der Waals surface area (Å²) < 4.78 is 7.36. The Kier molecular flexibility index (Phi) is 6.08. The fourth-order valence-electron chi connectivity index (χ4n) is 2.82. The zero-order valence-corrected chi connectivity index (χ0v) is 14.8. The van der Waals surface area contributed by atoms with Crippen LogP contribution in [0.5, 0.6) is 0 Å². The number of aryl methyl sites for hydroxylation is 1. The van der Waals surface area contributed by atoms with Crippen LogP contribution in [0.25, 0.3) is 6.08 Å². The summed E-state index contributed by atoms with van der Waals surface area (Å²) in [6, 6.07) is 4.09. The van der Waals surface area contributed by atoms with Crippen molar-refractivity contribution in [3.05, 3.63) is 40.5 Å². The Morgan fingerprint density at radius 2 is 2.32 bits per heavy atom. The molecule has 132 valence electrons. The molecule has 0 fully saturated rings. The van der Waals surface area contributed by atoms with Crippen LogP contribution in [0.4, 0.5) is 0 Å². The van der Waals surface area contributed by atoms with Gasteiger partial charge in [-0.1, -0.05) is 0 Å². The predicted octanol–water partition coefficient (Wildman–Crippen LogP) is 1.65. The lowest BCUT2D eigenvalue weighted by molar-refractivity contribution is -0.117. The topological polar surface area (TPSA) is 109 Å². The summed E-state index contributed by atoms with van der Waals surface area (Å²) in [4.78, 5) is 12.2. The highest BCUT2D eigenvalue weighted by atomic mass is 16.5. The van der Waals surface area contributed by atoms with E-state index < -0.39 is 5.91 Å². The normalized spacial score (nSPS) is 12.7. The maximum atomic E-state index is 12.2. The first-order valence-electron chi connectivity index (χ1n) is 7.90. The average Bonchev–Trinajstić information content (AvgIpc) is 3.18. The standard InChI is InChI=1S/C17H22N6O2/c1-11-5-14(13(3)23(11)12(2)10-25-4)6-15(7-18)17(24)19-8-16-9-20-22-21-16/h5-6,9,12H,8,10H2,1-4H3,(H,19,24)(H,20,21,22)/b15-6+. The number of aromatic nitrogens is 4. The molecule has 1 atom stereocenters. The fraction of sp³-hybridized carbons (Fsp3) is 0.412. The molecule has 0 saturated heterocycles. The zero-order valence-electron chi connectivity index (χ0n) is 14.8. The summed E-state index contributed by atoms with van der Waals surface area (Å²) in [6.45, 7) is 6.81. The number of carbonyl (C=O) groups excluding carboxylic acids is 1. The summed E-state index contributed by atoms with van der Waals surface area (Å²) in [5.41, 5.74) is 3.52. The average molecular weight is 342 g/mol. The number of nitrogens with one attached hydrogen (secondary N) is 2. The van der Waals surface area contributed by atoms with Gasteiger partial charge >= 0.3 is 0 Å². The number of ether oxygens (including phenoxy) is 1. The molecule has 0 radical (unpaired) electrons. The van der Waals surface area contributed by atoms with Gasteiger partial charge in [0, 0.05) is 18.5 Å². The van der Waals surface area contributed by atoms with Gasteiger partial charge in [0.25, 0.3) is 5.91 Å². The molecule has 2 heterocycles. The summed E-state index contributed by atoms with van der Waals surface area (Å²) in [5.74, 6) is -0.444. The lowest BCUT2D eigenvalue weighted by Gasteiger charge is -2.17. The van der Waals surface area contributed by atoms with Crippen LogP contribution in [0.2, 0.25) is 0 Å². The molecule has 1 unspecified atom stereocenters. The number of methoxy groups -OCH3 is 1. The molecular formula is C17H22N6O2. The third-order valence-electron chi connectivity index (χ3n) is 3.93. The Morgan fingerprint density at radius 3 is 2.92 bits per heavy atom. The van der Waals surface area contributed by atoms with Gasteiger partial charge in [-0.25, -0.2) is 0 Å². The van der Waals surface area contributed by atoms with E-state index in [0.29, 0.717) is 12.3 Å². The smallest absolute Gasteiger partial charge is 0.262 e. The number of hydrogen-bond donors (Lipinski definition) is 2. The van der Waals surface area contributed by atoms with Crippen LogP contribution in [0, 0.1) is 25.2 Å². The van der Waals surface area contributed by atoms with E-state index in [1.807, 2.05) is 26.0 Å². The number of rotatable bonds is 7. The molecule has 2 aromatic rings. The molecule has 0 aliphatic rings. The number of amides is 1. The molecule has 2 N–H and O–H groups in total. The molecule has 0 bridgehead atoms. The van der Waals surface area contributed by atoms with Gasteiger partial charge in [-0.2, -0.15) is 20.7 Å². The quantitative estimate of drug-likeness (QED) is 0.587. The van der Waals surface area contributed by atoms with Crippen molar-refractivity contribution in [1.82, 2.24) is 25.3 Å². The van der Waals surface area contributed by atoms with Crippen molar-refractivity contribution in [2.75, 3.05) is 13.7 Å². The van der Waals surface area contributed by atoms with Gasteiger partial charge in [0.1, 0.15) is 17.3 Å². The van der Waals surface area contributed by atoms with Crippen LogP contribution in [-0.4, -0.2) is 39.6 Å². The first-order valence-corrected chi connectivity index (χ1v) is 7.90. The Hall–Kier alpha value is -2.92. The molecule has 8 nitrogen and oxygen atoms in total. The van der Waals surface area contributed by atoms with Crippen molar-refractivity contribution in [2.24, 2.45) is 0 Å². The van der Waals surface area contributed by atoms with E-state index in [4.69, 9.17) is 4.74 Å². The first kappa shape index (κ1) is 18.4. The van der Waals surface area contributed by atoms with Gasteiger partial charge in [-0.15, -0.1) is 0 Å². The second kappa shape index (κ2) is 8.26. The van der Waals surface area contributed by atoms with Crippen LogP contribution in [-0.2, 0) is 16.1 Å². The Balaban J connectivity index is 2.20. The maximum Gasteiger partial charge on any atom is 0.262 e. The molecule has 2 aromatic heterocycles. The number of nitriles is 1. The van der Waals surface area contributed by atoms with Gasteiger partial charge in [0.2, 0.25) is 0 Å². The lowest BCUT2D eigenvalue weighted by Crippen LogP contribution is -2.24. The molecule has 0 aromatic carbocycles. The second-order valence-corrected chi connectivity index (χ2v) is 5.81. The van der Waals surface area contributed by atoms with Crippen molar-refractivity contribution < 1.29 is 9.53 Å². The van der Waals surface area contributed by atoms with Gasteiger partial charge in [0.05, 0.1) is 25.4 Å². The predicted molar refractivity (Wildman–Crippen MR) is 92.3 cm³/mol. The van der Waals surface area contributed by atoms with Crippen LogP contribution in [0.15, 0.2) is 17.8 Å². The minimum Gasteiger partial charge on any atom is -0.383 e. The van der Waals surface area contributed by atoms with Crippen molar-refractivity contribution in [2.45, 2.75) is 33.4 Å². The number of hydrogen-bond acceptors (Lipinski definition) is 5. The fourth-order valence-corrected chi connectivity index (χ4v) is 2.82. The van der Waals surface area contributed by atoms with E-state index in [9.17, 15) is 10.1 Å². The van der Waals surface area contributed by atoms with Crippen LogP contribution in [0.1, 0.15) is 35.6 Å². The Bertz CT molecular complexity index is 798. The van der Waals surface area contributed by atoms with E-state index in [0.717, 1.165) is 17.0 Å². The summed E-state index contributed by atoms with van der Waals surface area (Å²) in [6.07, 6.45) is 3.12. The van der Waals surface area contributed by atoms with Gasteiger partial charge in [-0.05, 0) is 38.5 Å². The highest BCUT2D eigenvalue weighted by Crippen LogP contribution is 2.22. The molecule has 0 saturated carbocycles. The number of nitrogens with zero attached hydrogens (tertiary/aromatic N) is 4. The molecular weight excluding hydrogens is 320 g/mol. The third kappa shape index (κ3) is 4.33. The van der Waals surface area contributed by atoms with E-state index in [1.54, 1.807) is 13.2 Å². The largest absolute Gasteiger partial charge is 0.383 e. The third-order valence-corrected chi connectivity index (χ3v) is 3.93. The summed E-state index contributed by atoms with van der Waals surface area (Å²) >= 11 is 0. The van der Waals surface area contributed by atoms with Crippen molar-refractivity contribution in [1.29, 1.82) is 5.26 Å².